The van der Waals surface area contributed by atoms with E-state index >= 15 is 0 Å². The van der Waals surface area contributed by atoms with Gasteiger partial charge >= 0.3 is 0 Å². The summed E-state index contributed by atoms with van der Waals surface area (Å²) in [5.41, 5.74) is 3.64. The first-order chi connectivity index (χ1) is 18.5. The molecule has 1 saturated heterocycles. The Hall–Kier alpha value is -3.42. The Balaban J connectivity index is 1.44. The quantitative estimate of drug-likeness (QED) is 0.467. The summed E-state index contributed by atoms with van der Waals surface area (Å²) in [5.74, 6) is 0.0270. The van der Waals surface area contributed by atoms with E-state index in [-0.39, 0.29) is 24.3 Å². The molecule has 2 aliphatic rings. The summed E-state index contributed by atoms with van der Waals surface area (Å²) >= 11 is 0. The van der Waals surface area contributed by atoms with Crippen LogP contribution in [-0.2, 0) is 27.5 Å². The third kappa shape index (κ3) is 5.84. The number of ether oxygens (including phenoxy) is 2. The molecule has 0 saturated carbocycles. The first-order valence-electron chi connectivity index (χ1n) is 13.6. The molecule has 2 aromatic carbocycles. The van der Waals surface area contributed by atoms with Gasteiger partial charge in [-0.25, -0.2) is 0 Å². The number of rotatable bonds is 6. The van der Waals surface area contributed by atoms with Crippen molar-refractivity contribution in [1.82, 2.24) is 9.47 Å². The summed E-state index contributed by atoms with van der Waals surface area (Å²) in [7, 11) is 0. The van der Waals surface area contributed by atoms with Crippen LogP contribution in [0.15, 0.2) is 66.6 Å². The SMILES string of the molecule is CC(=O)n1cc([C@H]2C=C(C(=O)N3CCCCCCC3)O[C@@H](OCc3ccc(CO)cc3)C2)c2ccccc21. The van der Waals surface area contributed by atoms with Crippen molar-refractivity contribution in [3.63, 3.8) is 0 Å². The van der Waals surface area contributed by atoms with Crippen molar-refractivity contribution in [2.75, 3.05) is 13.1 Å². The van der Waals surface area contributed by atoms with Gasteiger partial charge in [-0.1, -0.05) is 61.7 Å². The van der Waals surface area contributed by atoms with E-state index in [0.29, 0.717) is 18.8 Å². The van der Waals surface area contributed by atoms with Crippen molar-refractivity contribution < 1.29 is 24.2 Å². The molecule has 2 atom stereocenters. The number of aliphatic hydroxyl groups excluding tert-OH is 1. The molecule has 1 aromatic heterocycles. The minimum atomic E-state index is -0.615. The predicted octanol–water partition coefficient (Wildman–Crippen LogP) is 5.52. The number of hydrogen-bond acceptors (Lipinski definition) is 5. The Morgan fingerprint density at radius 2 is 1.66 bits per heavy atom. The third-order valence-corrected chi connectivity index (χ3v) is 7.53. The summed E-state index contributed by atoms with van der Waals surface area (Å²) in [6, 6.07) is 15.5. The van der Waals surface area contributed by atoms with E-state index in [1.165, 1.54) is 6.42 Å². The van der Waals surface area contributed by atoms with Gasteiger partial charge < -0.3 is 19.5 Å². The normalized spacial score (nSPS) is 20.4. The van der Waals surface area contributed by atoms with Crippen molar-refractivity contribution in [1.29, 1.82) is 0 Å². The van der Waals surface area contributed by atoms with E-state index in [2.05, 4.69) is 0 Å². The summed E-state index contributed by atoms with van der Waals surface area (Å²) < 4.78 is 14.1. The van der Waals surface area contributed by atoms with Gasteiger partial charge in [0.2, 0.25) is 12.2 Å². The van der Waals surface area contributed by atoms with E-state index in [1.807, 2.05) is 65.7 Å². The van der Waals surface area contributed by atoms with Crippen molar-refractivity contribution in [2.24, 2.45) is 0 Å². The lowest BCUT2D eigenvalue weighted by molar-refractivity contribution is -0.156. The molecule has 2 aliphatic heterocycles. The van der Waals surface area contributed by atoms with Crippen LogP contribution >= 0.6 is 0 Å². The number of fused-ring (bicyclic) bond motifs is 1. The topological polar surface area (TPSA) is 81.0 Å². The van der Waals surface area contributed by atoms with Gasteiger partial charge in [-0.15, -0.1) is 0 Å². The number of benzene rings is 2. The fourth-order valence-corrected chi connectivity index (χ4v) is 5.43. The Labute approximate surface area is 223 Å². The van der Waals surface area contributed by atoms with E-state index in [1.54, 1.807) is 11.5 Å². The van der Waals surface area contributed by atoms with Gasteiger partial charge in [0.1, 0.15) is 0 Å². The Bertz CT molecular complexity index is 1300. The van der Waals surface area contributed by atoms with Crippen molar-refractivity contribution >= 4 is 22.7 Å². The molecule has 0 radical (unpaired) electrons. The average molecular weight is 517 g/mol. The Kier molecular flexibility index (Phi) is 8.25. The van der Waals surface area contributed by atoms with Crippen LogP contribution in [0, 0.1) is 0 Å². The van der Waals surface area contributed by atoms with Crippen LogP contribution in [0.2, 0.25) is 0 Å². The van der Waals surface area contributed by atoms with Crippen LogP contribution in [0.1, 0.15) is 72.9 Å². The van der Waals surface area contributed by atoms with Crippen LogP contribution in [0.5, 0.6) is 0 Å². The smallest absolute Gasteiger partial charge is 0.288 e. The van der Waals surface area contributed by atoms with Crippen molar-refractivity contribution in [3.8, 4) is 0 Å². The molecular weight excluding hydrogens is 480 g/mol. The number of nitrogens with zero attached hydrogens (tertiary/aromatic N) is 2. The van der Waals surface area contributed by atoms with Crippen LogP contribution in [0.4, 0.5) is 0 Å². The number of allylic oxidation sites excluding steroid dienone is 1. The van der Waals surface area contributed by atoms with Crippen LogP contribution < -0.4 is 0 Å². The molecule has 200 valence electrons. The molecule has 38 heavy (non-hydrogen) atoms. The largest absolute Gasteiger partial charge is 0.459 e. The first-order valence-corrected chi connectivity index (χ1v) is 13.6. The summed E-state index contributed by atoms with van der Waals surface area (Å²) in [4.78, 5) is 28.0. The van der Waals surface area contributed by atoms with E-state index < -0.39 is 6.29 Å². The van der Waals surface area contributed by atoms with Gasteiger partial charge in [-0.3, -0.25) is 14.2 Å². The highest BCUT2D eigenvalue weighted by Gasteiger charge is 2.32. The maximum atomic E-state index is 13.7. The van der Waals surface area contributed by atoms with E-state index in [0.717, 1.165) is 66.4 Å². The number of likely N-dealkylation sites (tertiary alicyclic amines) is 1. The van der Waals surface area contributed by atoms with Crippen LogP contribution in [0.3, 0.4) is 0 Å². The average Bonchev–Trinajstić information content (AvgIpc) is 3.32. The number of amides is 1. The molecular formula is C31H36N2O5. The molecule has 1 fully saturated rings. The Morgan fingerprint density at radius 1 is 0.974 bits per heavy atom. The highest BCUT2D eigenvalue weighted by Crippen LogP contribution is 2.37. The van der Waals surface area contributed by atoms with E-state index in [4.69, 9.17) is 9.47 Å². The van der Waals surface area contributed by atoms with Gasteiger partial charge in [0.05, 0.1) is 18.7 Å². The van der Waals surface area contributed by atoms with Crippen LogP contribution in [-0.4, -0.2) is 45.8 Å². The lowest BCUT2D eigenvalue weighted by atomic mass is 9.92. The maximum Gasteiger partial charge on any atom is 0.288 e. The molecule has 0 bridgehead atoms. The lowest BCUT2D eigenvalue weighted by Gasteiger charge is -2.32. The standard InChI is InChI=1S/C31H36N2O5/c1-22(35)33-19-27(26-9-5-6-10-28(26)33)25-17-29(31(36)32-15-7-3-2-4-8-16-32)38-30(18-25)37-21-24-13-11-23(20-34)12-14-24/h5-6,9-14,17,19,25,30,34H,2-4,7-8,15-16,18,20-21H2,1H3/t25-,30+/m0/s1. The molecule has 0 spiro atoms. The Morgan fingerprint density at radius 3 is 2.37 bits per heavy atom. The number of aliphatic hydroxyl groups is 1. The second-order valence-electron chi connectivity index (χ2n) is 10.3. The molecule has 3 aromatic rings. The molecule has 0 aliphatic carbocycles. The van der Waals surface area contributed by atoms with Gasteiger partial charge in [0.25, 0.3) is 5.91 Å². The number of carbonyl (C=O) groups is 2. The van der Waals surface area contributed by atoms with Gasteiger partial charge in [-0.05, 0) is 41.7 Å². The highest BCUT2D eigenvalue weighted by atomic mass is 16.7. The monoisotopic (exact) mass is 516 g/mol. The molecule has 0 unspecified atom stereocenters. The molecule has 5 rings (SSSR count). The summed E-state index contributed by atoms with van der Waals surface area (Å²) in [5, 5.41) is 10.3. The number of aromatic nitrogens is 1. The minimum Gasteiger partial charge on any atom is -0.459 e. The third-order valence-electron chi connectivity index (χ3n) is 7.53. The van der Waals surface area contributed by atoms with Gasteiger partial charge in [0.15, 0.2) is 5.76 Å². The zero-order valence-electron chi connectivity index (χ0n) is 22.0. The maximum absolute atomic E-state index is 13.7. The summed E-state index contributed by atoms with van der Waals surface area (Å²) in [6.07, 6.45) is 9.21. The number of para-hydroxylation sites is 1. The second-order valence-corrected chi connectivity index (χ2v) is 10.3. The fraction of sp³-hybridized carbons (Fsp3) is 0.419. The molecule has 1 N–H and O–H groups in total. The minimum absolute atomic E-state index is 0.00478. The summed E-state index contributed by atoms with van der Waals surface area (Å²) in [6.45, 7) is 3.34. The first kappa shape index (κ1) is 26.2. The number of carbonyl (C=O) groups excluding carboxylic acids is 2. The molecule has 1 amide bonds. The zero-order valence-corrected chi connectivity index (χ0v) is 22.0. The van der Waals surface area contributed by atoms with E-state index in [9.17, 15) is 14.7 Å². The second kappa shape index (κ2) is 12.0. The number of hydrogen-bond donors (Lipinski definition) is 1. The zero-order chi connectivity index (χ0) is 26.5. The van der Waals surface area contributed by atoms with Gasteiger partial charge in [0, 0.05) is 43.9 Å². The highest BCUT2D eigenvalue weighted by molar-refractivity contribution is 5.95. The van der Waals surface area contributed by atoms with Gasteiger partial charge in [-0.2, -0.15) is 0 Å². The predicted molar refractivity (Wildman–Crippen MR) is 145 cm³/mol. The van der Waals surface area contributed by atoms with Crippen molar-refractivity contribution in [3.05, 3.63) is 83.3 Å². The van der Waals surface area contributed by atoms with Crippen LogP contribution in [0.25, 0.3) is 10.9 Å². The van der Waals surface area contributed by atoms with Crippen molar-refractivity contribution in [2.45, 2.75) is 70.9 Å². The fourth-order valence-electron chi connectivity index (χ4n) is 5.43. The molecule has 7 heteroatoms. The molecule has 7 nitrogen and oxygen atoms in total. The molecule has 3 heterocycles. The lowest BCUT2D eigenvalue weighted by Crippen LogP contribution is -2.38.